The first-order valence-electron chi connectivity index (χ1n) is 6.69. The van der Waals surface area contributed by atoms with Crippen LogP contribution in [0.4, 0.5) is 4.79 Å². The van der Waals surface area contributed by atoms with Crippen molar-refractivity contribution in [1.29, 1.82) is 0 Å². The van der Waals surface area contributed by atoms with Crippen LogP contribution >= 0.6 is 0 Å². The molecular weight excluding hydrogens is 260 g/mol. The van der Waals surface area contributed by atoms with Gasteiger partial charge < -0.3 is 14.9 Å². The number of carbonyl (C=O) groups is 1. The molecule has 0 radical (unpaired) electrons. The molecule has 0 unspecified atom stereocenters. The van der Waals surface area contributed by atoms with Gasteiger partial charge in [-0.25, -0.2) is 4.79 Å². The monoisotopic (exact) mass is 282 g/mol. The molecule has 106 valence electrons. The lowest BCUT2D eigenvalue weighted by Crippen LogP contribution is -2.34. The summed E-state index contributed by atoms with van der Waals surface area (Å²) in [6, 6.07) is 9.38. The lowest BCUT2D eigenvalue weighted by molar-refractivity contribution is 0.143. The van der Waals surface area contributed by atoms with Crippen molar-refractivity contribution < 1.29 is 19.7 Å². The van der Waals surface area contributed by atoms with Gasteiger partial charge in [-0.2, -0.15) is 0 Å². The van der Waals surface area contributed by atoms with E-state index in [9.17, 15) is 9.90 Å². The lowest BCUT2D eigenvalue weighted by atomic mass is 10.2. The van der Waals surface area contributed by atoms with Crippen molar-refractivity contribution in [3.63, 3.8) is 0 Å². The number of rotatable bonds is 6. The fourth-order valence-electron chi connectivity index (χ4n) is 2.42. The van der Waals surface area contributed by atoms with Gasteiger partial charge in [0, 0.05) is 0 Å². The van der Waals surface area contributed by atoms with Gasteiger partial charge in [0.2, 0.25) is 0 Å². The van der Waals surface area contributed by atoms with Crippen LogP contribution in [-0.2, 0) is 6.04 Å². The van der Waals surface area contributed by atoms with Crippen LogP contribution in [0.2, 0.25) is 18.1 Å². The second-order valence-corrected chi connectivity index (χ2v) is 10.3. The summed E-state index contributed by atoms with van der Waals surface area (Å²) in [7, 11) is -1.42. The van der Waals surface area contributed by atoms with Gasteiger partial charge in [-0.15, -0.1) is 0 Å². The first-order valence-corrected chi connectivity index (χ1v) is 9.52. The van der Waals surface area contributed by atoms with Crippen LogP contribution in [0, 0.1) is 0 Å². The maximum absolute atomic E-state index is 10.6. The van der Waals surface area contributed by atoms with Gasteiger partial charge in [-0.3, -0.25) is 0 Å². The average molecular weight is 282 g/mol. The summed E-state index contributed by atoms with van der Waals surface area (Å²) in [6.45, 7) is 6.61. The summed E-state index contributed by atoms with van der Waals surface area (Å²) in [5.74, 6) is -0.00617. The van der Waals surface area contributed by atoms with Gasteiger partial charge in [-0.05, 0) is 17.7 Å². The number of carboxylic acid groups (broad SMARTS) is 1. The molecule has 0 saturated carbocycles. The highest BCUT2D eigenvalue weighted by Gasteiger charge is 2.28. The minimum atomic E-state index is -1.42. The average Bonchev–Trinajstić information content (AvgIpc) is 2.40. The summed E-state index contributed by atoms with van der Waals surface area (Å²) >= 11 is 0. The molecule has 1 aromatic carbocycles. The van der Waals surface area contributed by atoms with E-state index in [0.717, 1.165) is 29.7 Å². The van der Waals surface area contributed by atoms with E-state index >= 15 is 0 Å². The van der Waals surface area contributed by atoms with Crippen LogP contribution in [0.3, 0.4) is 0 Å². The number of para-hydroxylation sites is 1. The van der Waals surface area contributed by atoms with E-state index in [1.807, 2.05) is 6.07 Å². The minimum absolute atomic E-state index is 0.0243. The maximum Gasteiger partial charge on any atom is 0.511 e. The van der Waals surface area contributed by atoms with Crippen molar-refractivity contribution in [3.8, 4) is 11.5 Å². The molecule has 0 aliphatic heterocycles. The Hall–Kier alpha value is -1.49. The van der Waals surface area contributed by atoms with Crippen molar-refractivity contribution in [2.75, 3.05) is 0 Å². The first-order chi connectivity index (χ1) is 8.98. The molecular formula is C14H22O4Si. The van der Waals surface area contributed by atoms with E-state index in [1.54, 1.807) is 6.07 Å². The van der Waals surface area contributed by atoms with Crippen LogP contribution in [0.1, 0.15) is 26.3 Å². The van der Waals surface area contributed by atoms with E-state index in [0.29, 0.717) is 0 Å². The van der Waals surface area contributed by atoms with Gasteiger partial charge in [0.05, 0.1) is 8.07 Å². The second kappa shape index (κ2) is 6.61. The van der Waals surface area contributed by atoms with E-state index in [4.69, 9.17) is 5.11 Å². The fourth-order valence-corrected chi connectivity index (χ4v) is 5.76. The zero-order valence-electron chi connectivity index (χ0n) is 11.8. The molecule has 5 heteroatoms. The van der Waals surface area contributed by atoms with Gasteiger partial charge in [0.25, 0.3) is 0 Å². The number of phenolic OH excluding ortho intramolecular Hbond substituents is 1. The first kappa shape index (κ1) is 15.6. The molecule has 0 fully saturated rings. The molecule has 1 aromatic rings. The Balaban J connectivity index is 3.04. The topological polar surface area (TPSA) is 66.8 Å². The Morgan fingerprint density at radius 3 is 2.26 bits per heavy atom. The van der Waals surface area contributed by atoms with Gasteiger partial charge in [0.1, 0.15) is 0 Å². The quantitative estimate of drug-likeness (QED) is 0.469. The van der Waals surface area contributed by atoms with Gasteiger partial charge in [0.15, 0.2) is 11.5 Å². The minimum Gasteiger partial charge on any atom is -0.504 e. The van der Waals surface area contributed by atoms with Crippen molar-refractivity contribution in [2.45, 2.75) is 44.9 Å². The largest absolute Gasteiger partial charge is 0.511 e. The third kappa shape index (κ3) is 3.73. The molecule has 0 aliphatic carbocycles. The molecule has 0 atom stereocenters. The van der Waals surface area contributed by atoms with E-state index in [2.05, 4.69) is 25.5 Å². The maximum atomic E-state index is 10.6. The van der Waals surface area contributed by atoms with Crippen LogP contribution in [0.25, 0.3) is 0 Å². The van der Waals surface area contributed by atoms with E-state index in [1.165, 1.54) is 6.07 Å². The summed E-state index contributed by atoms with van der Waals surface area (Å²) in [5, 5.41) is 18.8. The molecule has 19 heavy (non-hydrogen) atoms. The zero-order valence-corrected chi connectivity index (χ0v) is 12.8. The summed E-state index contributed by atoms with van der Waals surface area (Å²) in [6.07, 6.45) is -1.41. The lowest BCUT2D eigenvalue weighted by Gasteiger charge is -2.28. The molecule has 0 heterocycles. The van der Waals surface area contributed by atoms with Gasteiger partial charge in [-0.1, -0.05) is 51.0 Å². The number of ether oxygens (including phenoxy) is 1. The third-order valence-corrected chi connectivity index (χ3v) is 9.73. The Morgan fingerprint density at radius 2 is 1.79 bits per heavy atom. The van der Waals surface area contributed by atoms with Crippen LogP contribution in [-0.4, -0.2) is 24.4 Å². The number of benzene rings is 1. The van der Waals surface area contributed by atoms with Crippen LogP contribution in [0.15, 0.2) is 18.2 Å². The Labute approximate surface area is 115 Å². The molecule has 2 N–H and O–H groups in total. The zero-order chi connectivity index (χ0) is 14.5. The molecule has 0 bridgehead atoms. The van der Waals surface area contributed by atoms with Crippen molar-refractivity contribution in [1.82, 2.24) is 0 Å². The normalized spacial score (nSPS) is 11.3. The standard InChI is InChI=1S/C14H22O4Si/c1-4-19(5-2,6-3)10-11-8-7-9-12(13(11)15)18-14(16)17/h7-9,15H,4-6,10H2,1-3H3,(H,16,17). The predicted molar refractivity (Wildman–Crippen MR) is 77.7 cm³/mol. The molecule has 0 spiro atoms. The number of hydrogen-bond acceptors (Lipinski definition) is 3. The number of hydrogen-bond donors (Lipinski definition) is 2. The van der Waals surface area contributed by atoms with Crippen molar-refractivity contribution >= 4 is 14.2 Å². The second-order valence-electron chi connectivity index (χ2n) is 4.87. The highest BCUT2D eigenvalue weighted by molar-refractivity contribution is 6.79. The molecule has 0 amide bonds. The summed E-state index contributed by atoms with van der Waals surface area (Å²) < 4.78 is 4.58. The highest BCUT2D eigenvalue weighted by atomic mass is 28.3. The Morgan fingerprint density at radius 1 is 1.21 bits per heavy atom. The van der Waals surface area contributed by atoms with Crippen LogP contribution < -0.4 is 4.74 Å². The molecule has 0 saturated heterocycles. The summed E-state index contributed by atoms with van der Waals surface area (Å²) in [5.41, 5.74) is 0.802. The molecule has 4 nitrogen and oxygen atoms in total. The van der Waals surface area contributed by atoms with Crippen LogP contribution in [0.5, 0.6) is 11.5 Å². The highest BCUT2D eigenvalue weighted by Crippen LogP contribution is 2.34. The smallest absolute Gasteiger partial charge is 0.504 e. The summed E-state index contributed by atoms with van der Waals surface area (Å²) in [4.78, 5) is 10.6. The molecule has 1 rings (SSSR count). The Kier molecular flexibility index (Phi) is 5.41. The molecule has 0 aromatic heterocycles. The Bertz CT molecular complexity index is 433. The predicted octanol–water partition coefficient (Wildman–Crippen LogP) is 4.04. The van der Waals surface area contributed by atoms with E-state index < -0.39 is 14.2 Å². The van der Waals surface area contributed by atoms with E-state index in [-0.39, 0.29) is 11.5 Å². The van der Waals surface area contributed by atoms with Crippen molar-refractivity contribution in [3.05, 3.63) is 23.8 Å². The van der Waals surface area contributed by atoms with Crippen molar-refractivity contribution in [2.24, 2.45) is 0 Å². The number of aromatic hydroxyl groups is 1. The molecule has 0 aliphatic rings. The SMILES string of the molecule is CC[Si](CC)(CC)Cc1cccc(OC(=O)O)c1O. The third-order valence-electron chi connectivity index (χ3n) is 4.10. The fraction of sp³-hybridized carbons (Fsp3) is 0.500. The van der Waals surface area contributed by atoms with Gasteiger partial charge >= 0.3 is 6.16 Å². The number of phenols is 1.